The molecule has 0 saturated carbocycles. The maximum atomic E-state index is 3.67. The maximum Gasteiger partial charge on any atom is -0.0583 e. The molecule has 0 heterocycles. The van der Waals surface area contributed by atoms with E-state index in [4.69, 9.17) is 0 Å². The van der Waals surface area contributed by atoms with Gasteiger partial charge in [-0.2, -0.15) is 35.4 Å². The fourth-order valence-electron chi connectivity index (χ4n) is 4.38. The second-order valence-corrected chi connectivity index (χ2v) is 13.9. The maximum absolute atomic E-state index is 3.67. The summed E-state index contributed by atoms with van der Waals surface area (Å²) in [6.07, 6.45) is 1.03. The smallest absolute Gasteiger partial charge is 0.0583 e. The standard InChI is InChI=1S/C21H25.C10H15.C2H4.2ClH.Zr/c1-20(2,3)16-7-9-18-14(12-16)11-15-13-17(21(4,5)6)8-10-19(15)18;1-8-6-5-7-9(8)10(2,3)4;1-2;;;/h7-10,12H,11H2,1-6H3;5-7H,1-4H3;1H,2H3;2*1H;/q2*-1;;;;+2/p-2. The van der Waals surface area contributed by atoms with Crippen LogP contribution in [0.1, 0.15) is 103 Å². The Balaban J connectivity index is 0.000000692. The Kier molecular flexibility index (Phi) is 13.4. The Morgan fingerprint density at radius 2 is 1.39 bits per heavy atom. The first-order valence-corrected chi connectivity index (χ1v) is 13.9. The Hall–Kier alpha value is -0.877. The van der Waals surface area contributed by atoms with E-state index >= 15 is 0 Å². The average molecular weight is 603 g/mol. The van der Waals surface area contributed by atoms with Crippen LogP contribution < -0.4 is 24.8 Å². The van der Waals surface area contributed by atoms with Gasteiger partial charge in [0.1, 0.15) is 0 Å². The quantitative estimate of drug-likeness (QED) is 0.272. The van der Waals surface area contributed by atoms with Gasteiger partial charge in [-0.1, -0.05) is 98.4 Å². The van der Waals surface area contributed by atoms with E-state index in [1.54, 1.807) is 0 Å². The minimum atomic E-state index is 0. The summed E-state index contributed by atoms with van der Waals surface area (Å²) < 4.78 is 2.09. The largest absolute Gasteiger partial charge is 1.00 e. The Labute approximate surface area is 249 Å². The number of fused-ring (bicyclic) bond motifs is 3. The Morgan fingerprint density at radius 1 is 0.833 bits per heavy atom. The van der Waals surface area contributed by atoms with Crippen molar-refractivity contribution in [1.29, 1.82) is 0 Å². The van der Waals surface area contributed by atoms with E-state index < -0.39 is 0 Å². The first-order valence-electron chi connectivity index (χ1n) is 12.5. The summed E-state index contributed by atoms with van der Waals surface area (Å²) >= 11 is 1.51. The predicted octanol–water partition coefficient (Wildman–Crippen LogP) is 3.03. The molecule has 3 heteroatoms. The molecular formula is C33H44Cl2Zr-2. The van der Waals surface area contributed by atoms with Crippen molar-refractivity contribution >= 4 is 3.71 Å². The van der Waals surface area contributed by atoms with E-state index in [1.165, 1.54) is 68.7 Å². The van der Waals surface area contributed by atoms with E-state index in [0.29, 0.717) is 5.41 Å². The van der Waals surface area contributed by atoms with Gasteiger partial charge in [-0.15, -0.1) is 16.7 Å². The van der Waals surface area contributed by atoms with Crippen LogP contribution in [0, 0.1) is 13.0 Å². The molecule has 0 spiro atoms. The number of aryl methyl sites for hydroxylation is 1. The van der Waals surface area contributed by atoms with Gasteiger partial charge in [0.05, 0.1) is 0 Å². The van der Waals surface area contributed by atoms with Crippen LogP contribution in [0.5, 0.6) is 0 Å². The van der Waals surface area contributed by atoms with E-state index in [-0.39, 0.29) is 35.6 Å². The Bertz CT molecular complexity index is 1050. The van der Waals surface area contributed by atoms with Gasteiger partial charge in [-0.05, 0) is 28.4 Å². The summed E-state index contributed by atoms with van der Waals surface area (Å²) in [7, 11) is 0. The van der Waals surface area contributed by atoms with Crippen molar-refractivity contribution in [1.82, 2.24) is 0 Å². The minimum absolute atomic E-state index is 0. The number of hydrogen-bond acceptors (Lipinski definition) is 0. The first kappa shape index (κ1) is 35.1. The summed E-state index contributed by atoms with van der Waals surface area (Å²) in [5, 5.41) is 0. The van der Waals surface area contributed by atoms with E-state index in [2.05, 4.69) is 128 Å². The monoisotopic (exact) mass is 600 g/mol. The SMILES string of the molecule is CC(C)(C)c1[c-]c2c(cc1)-c1ccc(C(C)(C)C)cc1C2.C[CH]=[Zr+2].Cc1ccc[c-]1C(C)(C)C.[Cl-].[Cl-]. The Morgan fingerprint density at radius 3 is 1.81 bits per heavy atom. The molecule has 0 unspecified atom stereocenters. The average Bonchev–Trinajstić information content (AvgIpc) is 3.29. The normalized spacial score (nSPS) is 11.9. The van der Waals surface area contributed by atoms with Gasteiger partial charge in [-0.25, -0.2) is 12.1 Å². The van der Waals surface area contributed by atoms with Crippen molar-refractivity contribution in [3.63, 3.8) is 0 Å². The molecule has 3 aromatic carbocycles. The van der Waals surface area contributed by atoms with Crippen LogP contribution in [-0.2, 0) is 46.9 Å². The van der Waals surface area contributed by atoms with Crippen molar-refractivity contribution in [3.8, 4) is 11.1 Å². The predicted molar refractivity (Wildman–Crippen MR) is 148 cm³/mol. The molecule has 3 aromatic rings. The minimum Gasteiger partial charge on any atom is -1.00 e. The fraction of sp³-hybridized carbons (Fsp3) is 0.455. The molecule has 36 heavy (non-hydrogen) atoms. The van der Waals surface area contributed by atoms with Crippen molar-refractivity contribution < 1.29 is 49.0 Å². The van der Waals surface area contributed by atoms with Gasteiger partial charge in [0.2, 0.25) is 0 Å². The second-order valence-electron chi connectivity index (χ2n) is 12.5. The van der Waals surface area contributed by atoms with E-state index in [1.807, 2.05) is 6.92 Å². The molecule has 196 valence electrons. The fourth-order valence-corrected chi connectivity index (χ4v) is 4.38. The van der Waals surface area contributed by atoms with Crippen molar-refractivity contribution in [2.75, 3.05) is 0 Å². The molecule has 4 rings (SSSR count). The molecule has 0 aliphatic heterocycles. The molecule has 0 N–H and O–H groups in total. The zero-order valence-corrected chi connectivity index (χ0v) is 28.1. The number of hydrogen-bond donors (Lipinski definition) is 0. The summed E-state index contributed by atoms with van der Waals surface area (Å²) in [6.45, 7) is 24.5. The van der Waals surface area contributed by atoms with Crippen LogP contribution in [0.4, 0.5) is 0 Å². The number of halogens is 2. The van der Waals surface area contributed by atoms with Crippen LogP contribution in [0.15, 0.2) is 48.5 Å². The number of benzene rings is 2. The zero-order chi connectivity index (χ0) is 25.9. The third-order valence-corrected chi connectivity index (χ3v) is 6.31. The van der Waals surface area contributed by atoms with Gasteiger partial charge in [-0.3, -0.25) is 0 Å². The molecule has 0 bridgehead atoms. The third-order valence-electron chi connectivity index (χ3n) is 6.31. The molecule has 0 amide bonds. The third kappa shape index (κ3) is 9.15. The van der Waals surface area contributed by atoms with Crippen LogP contribution in [0.3, 0.4) is 0 Å². The molecular weight excluding hydrogens is 558 g/mol. The summed E-state index contributed by atoms with van der Waals surface area (Å²) in [6, 6.07) is 21.7. The molecule has 0 aromatic heterocycles. The molecule has 0 radical (unpaired) electrons. The molecule has 0 fully saturated rings. The summed E-state index contributed by atoms with van der Waals surface area (Å²) in [5.74, 6) is 0. The molecule has 0 atom stereocenters. The van der Waals surface area contributed by atoms with Crippen molar-refractivity contribution in [2.24, 2.45) is 0 Å². The van der Waals surface area contributed by atoms with Gasteiger partial charge in [0, 0.05) is 0 Å². The molecule has 0 nitrogen and oxygen atoms in total. The second kappa shape index (κ2) is 13.8. The molecule has 1 aliphatic carbocycles. The van der Waals surface area contributed by atoms with Crippen LogP contribution in [0.25, 0.3) is 11.1 Å². The summed E-state index contributed by atoms with van der Waals surface area (Å²) in [5.41, 5.74) is 11.9. The molecule has 1 aliphatic rings. The van der Waals surface area contributed by atoms with Gasteiger partial charge in [0.15, 0.2) is 0 Å². The van der Waals surface area contributed by atoms with Gasteiger partial charge >= 0.3 is 34.9 Å². The van der Waals surface area contributed by atoms with Gasteiger partial charge in [0.25, 0.3) is 0 Å². The van der Waals surface area contributed by atoms with Crippen molar-refractivity contribution in [2.45, 2.75) is 98.8 Å². The van der Waals surface area contributed by atoms with Crippen molar-refractivity contribution in [3.05, 3.63) is 88.0 Å². The number of rotatable bonds is 0. The van der Waals surface area contributed by atoms with Gasteiger partial charge < -0.3 is 24.8 Å². The van der Waals surface area contributed by atoms with Crippen LogP contribution >= 0.6 is 0 Å². The van der Waals surface area contributed by atoms with Crippen LogP contribution in [0.2, 0.25) is 0 Å². The zero-order valence-electron chi connectivity index (χ0n) is 24.2. The topological polar surface area (TPSA) is 0 Å². The van der Waals surface area contributed by atoms with Crippen LogP contribution in [-0.4, -0.2) is 3.71 Å². The summed E-state index contributed by atoms with van der Waals surface area (Å²) in [4.78, 5) is 0. The molecule has 0 saturated heterocycles. The van der Waals surface area contributed by atoms with E-state index in [9.17, 15) is 0 Å². The van der Waals surface area contributed by atoms with E-state index in [0.717, 1.165) is 6.42 Å². The first-order chi connectivity index (χ1) is 15.6.